The monoisotopic (exact) mass is 510 g/mol. The number of nitrogens with zero attached hydrogens (tertiary/aromatic N) is 1. The number of nitrogens with one attached hydrogen (secondary N) is 1. The molecule has 0 bridgehead atoms. The van der Waals surface area contributed by atoms with E-state index in [1.807, 2.05) is 36.4 Å². The van der Waals surface area contributed by atoms with E-state index in [4.69, 9.17) is 8.83 Å². The number of hydrogen-bond donors (Lipinski definition) is 1. The Morgan fingerprint density at radius 2 is 1.72 bits per heavy atom. The minimum atomic E-state index is -0.335. The van der Waals surface area contributed by atoms with Crippen molar-refractivity contribution in [2.24, 2.45) is 0 Å². The normalized spacial score (nSPS) is 11.2. The number of carbonyl (C=O) groups excluding carboxylic acids is 1. The standard InChI is InChI=1S/C22H12Br2N2O3/c23-16-6-2-3-13-14(16)4-1-5-15(13)22-26-17-11-12(7-8-18(17)29-22)25-21(27)19-9-10-20(24)28-19/h1-11H,(H,25,27). The van der Waals surface area contributed by atoms with E-state index in [1.165, 1.54) is 0 Å². The highest BCUT2D eigenvalue weighted by Crippen LogP contribution is 2.34. The van der Waals surface area contributed by atoms with Crippen molar-refractivity contribution in [2.75, 3.05) is 5.32 Å². The Morgan fingerprint density at radius 1 is 0.897 bits per heavy atom. The van der Waals surface area contributed by atoms with Crippen LogP contribution in [0.2, 0.25) is 0 Å². The predicted molar refractivity (Wildman–Crippen MR) is 119 cm³/mol. The largest absolute Gasteiger partial charge is 0.444 e. The highest BCUT2D eigenvalue weighted by molar-refractivity contribution is 9.10. The lowest BCUT2D eigenvalue weighted by atomic mass is 10.0. The fourth-order valence-electron chi connectivity index (χ4n) is 3.21. The van der Waals surface area contributed by atoms with Crippen molar-refractivity contribution < 1.29 is 13.6 Å². The molecule has 5 nitrogen and oxygen atoms in total. The zero-order valence-electron chi connectivity index (χ0n) is 14.8. The third kappa shape index (κ3) is 3.36. The van der Waals surface area contributed by atoms with Crippen LogP contribution in [-0.4, -0.2) is 10.9 Å². The fraction of sp³-hybridized carbons (Fsp3) is 0. The Hall–Kier alpha value is -2.90. The maximum absolute atomic E-state index is 12.3. The molecule has 0 spiro atoms. The van der Waals surface area contributed by atoms with E-state index >= 15 is 0 Å². The van der Waals surface area contributed by atoms with Crippen molar-refractivity contribution in [3.8, 4) is 11.5 Å². The van der Waals surface area contributed by atoms with Crippen LogP contribution in [-0.2, 0) is 0 Å². The van der Waals surface area contributed by atoms with Crippen molar-refractivity contribution in [2.45, 2.75) is 0 Å². The van der Waals surface area contributed by atoms with Crippen molar-refractivity contribution in [1.82, 2.24) is 4.98 Å². The molecule has 5 aromatic rings. The van der Waals surface area contributed by atoms with Gasteiger partial charge in [-0.15, -0.1) is 0 Å². The molecule has 0 aliphatic heterocycles. The highest BCUT2D eigenvalue weighted by atomic mass is 79.9. The minimum absolute atomic E-state index is 0.221. The van der Waals surface area contributed by atoms with Crippen molar-refractivity contribution in [3.63, 3.8) is 0 Å². The number of aromatic nitrogens is 1. The number of anilines is 1. The van der Waals surface area contributed by atoms with Gasteiger partial charge in [-0.2, -0.15) is 0 Å². The number of oxazole rings is 1. The van der Waals surface area contributed by atoms with E-state index < -0.39 is 0 Å². The number of halogens is 2. The molecule has 142 valence electrons. The van der Waals surface area contributed by atoms with Gasteiger partial charge >= 0.3 is 0 Å². The number of furan rings is 1. The van der Waals surface area contributed by atoms with Crippen molar-refractivity contribution in [1.29, 1.82) is 0 Å². The molecular formula is C22H12Br2N2O3. The van der Waals surface area contributed by atoms with Crippen LogP contribution in [0.5, 0.6) is 0 Å². The average molecular weight is 512 g/mol. The first-order chi connectivity index (χ1) is 14.1. The summed E-state index contributed by atoms with van der Waals surface area (Å²) in [5.41, 5.74) is 2.82. The summed E-state index contributed by atoms with van der Waals surface area (Å²) in [6.45, 7) is 0. The fourth-order valence-corrected chi connectivity index (χ4v) is 4.01. The molecule has 0 atom stereocenters. The van der Waals surface area contributed by atoms with Crippen LogP contribution in [0.25, 0.3) is 33.3 Å². The lowest BCUT2D eigenvalue weighted by Gasteiger charge is -2.04. The second kappa shape index (κ2) is 7.17. The molecule has 0 radical (unpaired) electrons. The molecule has 0 saturated carbocycles. The summed E-state index contributed by atoms with van der Waals surface area (Å²) in [6.07, 6.45) is 0. The SMILES string of the molecule is O=C(Nc1ccc2oc(-c3cccc4c(Br)cccc34)nc2c1)c1ccc(Br)o1. The second-order valence-corrected chi connectivity index (χ2v) is 8.04. The Morgan fingerprint density at radius 3 is 2.55 bits per heavy atom. The maximum atomic E-state index is 12.3. The zero-order valence-corrected chi connectivity index (χ0v) is 18.0. The summed E-state index contributed by atoms with van der Waals surface area (Å²) >= 11 is 6.78. The predicted octanol–water partition coefficient (Wildman–Crippen LogP) is 7.02. The molecular weight excluding hydrogens is 500 g/mol. The summed E-state index contributed by atoms with van der Waals surface area (Å²) in [4.78, 5) is 16.9. The van der Waals surface area contributed by atoms with Crippen LogP contribution in [0.3, 0.4) is 0 Å². The number of amides is 1. The average Bonchev–Trinajstić information content (AvgIpc) is 3.34. The third-order valence-corrected chi connectivity index (χ3v) is 5.66. The van der Waals surface area contributed by atoms with Gasteiger partial charge in [-0.05, 0) is 69.2 Å². The number of hydrogen-bond acceptors (Lipinski definition) is 4. The first-order valence-corrected chi connectivity index (χ1v) is 10.3. The van der Waals surface area contributed by atoms with Crippen LogP contribution in [0, 0.1) is 0 Å². The number of fused-ring (bicyclic) bond motifs is 2. The van der Waals surface area contributed by atoms with E-state index in [9.17, 15) is 4.79 Å². The van der Waals surface area contributed by atoms with E-state index in [0.29, 0.717) is 27.3 Å². The molecule has 0 aliphatic rings. The van der Waals surface area contributed by atoms with E-state index in [-0.39, 0.29) is 11.7 Å². The summed E-state index contributed by atoms with van der Waals surface area (Å²) in [7, 11) is 0. The van der Waals surface area contributed by atoms with E-state index in [2.05, 4.69) is 42.2 Å². The second-order valence-electron chi connectivity index (χ2n) is 6.40. The lowest BCUT2D eigenvalue weighted by molar-refractivity contribution is 0.0995. The van der Waals surface area contributed by atoms with Crippen LogP contribution in [0.1, 0.15) is 10.6 Å². The topological polar surface area (TPSA) is 68.3 Å². The van der Waals surface area contributed by atoms with Crippen molar-refractivity contribution in [3.05, 3.63) is 81.6 Å². The molecule has 5 rings (SSSR count). The molecule has 2 heterocycles. The summed E-state index contributed by atoms with van der Waals surface area (Å²) < 4.78 is 12.8. The molecule has 3 aromatic carbocycles. The third-order valence-electron chi connectivity index (χ3n) is 4.54. The maximum Gasteiger partial charge on any atom is 0.291 e. The molecule has 0 saturated heterocycles. The van der Waals surface area contributed by atoms with E-state index in [0.717, 1.165) is 20.8 Å². The molecule has 1 amide bonds. The van der Waals surface area contributed by atoms with Crippen LogP contribution >= 0.6 is 31.9 Å². The Kier molecular flexibility index (Phi) is 4.49. The van der Waals surface area contributed by atoms with Gasteiger partial charge in [0.15, 0.2) is 16.0 Å². The Labute approximate surface area is 182 Å². The van der Waals surface area contributed by atoms with E-state index in [1.54, 1.807) is 30.3 Å². The van der Waals surface area contributed by atoms with Gasteiger partial charge in [0, 0.05) is 15.7 Å². The van der Waals surface area contributed by atoms with Gasteiger partial charge in [0.05, 0.1) is 0 Å². The van der Waals surface area contributed by atoms with Gasteiger partial charge in [0.25, 0.3) is 5.91 Å². The summed E-state index contributed by atoms with van der Waals surface area (Å²) in [5, 5.41) is 4.94. The molecule has 0 unspecified atom stereocenters. The van der Waals surface area contributed by atoms with Crippen LogP contribution < -0.4 is 5.32 Å². The number of carbonyl (C=O) groups is 1. The van der Waals surface area contributed by atoms with Gasteiger partial charge in [-0.1, -0.05) is 40.2 Å². The highest BCUT2D eigenvalue weighted by Gasteiger charge is 2.15. The first kappa shape index (κ1) is 18.1. The zero-order chi connectivity index (χ0) is 20.0. The Balaban J connectivity index is 1.52. The van der Waals surface area contributed by atoms with Crippen LogP contribution in [0.15, 0.2) is 84.7 Å². The summed E-state index contributed by atoms with van der Waals surface area (Å²) in [5.74, 6) is 0.416. The van der Waals surface area contributed by atoms with Crippen LogP contribution in [0.4, 0.5) is 5.69 Å². The van der Waals surface area contributed by atoms with Gasteiger partial charge < -0.3 is 14.2 Å². The number of rotatable bonds is 3. The molecule has 0 aliphatic carbocycles. The van der Waals surface area contributed by atoms with Gasteiger partial charge in [0.1, 0.15) is 5.52 Å². The quantitative estimate of drug-likeness (QED) is 0.282. The lowest BCUT2D eigenvalue weighted by Crippen LogP contribution is -2.10. The molecule has 7 heteroatoms. The summed E-state index contributed by atoms with van der Waals surface area (Å²) in [6, 6.07) is 20.6. The number of benzene rings is 3. The van der Waals surface area contributed by atoms with Gasteiger partial charge in [-0.25, -0.2) is 4.98 Å². The minimum Gasteiger partial charge on any atom is -0.444 e. The molecule has 2 aromatic heterocycles. The molecule has 0 fully saturated rings. The smallest absolute Gasteiger partial charge is 0.291 e. The molecule has 29 heavy (non-hydrogen) atoms. The van der Waals surface area contributed by atoms with Gasteiger partial charge in [0.2, 0.25) is 5.89 Å². The van der Waals surface area contributed by atoms with Crippen molar-refractivity contribution >= 4 is 65.3 Å². The molecule has 1 N–H and O–H groups in total. The first-order valence-electron chi connectivity index (χ1n) is 8.73. The Bertz CT molecular complexity index is 1390. The van der Waals surface area contributed by atoms with Gasteiger partial charge in [-0.3, -0.25) is 4.79 Å².